The van der Waals surface area contributed by atoms with Crippen LogP contribution < -0.4 is 16.6 Å². The van der Waals surface area contributed by atoms with E-state index in [1.54, 1.807) is 12.1 Å². The molecule has 104 valence electrons. The second-order valence-corrected chi connectivity index (χ2v) is 5.49. The molecule has 0 fully saturated rings. The molecule has 0 atom stereocenters. The van der Waals surface area contributed by atoms with Crippen LogP contribution >= 0.6 is 39.1 Å². The largest absolute Gasteiger partial charge is 0.322 e. The molecule has 0 bridgehead atoms. The van der Waals surface area contributed by atoms with Crippen LogP contribution in [0.2, 0.25) is 10.0 Å². The van der Waals surface area contributed by atoms with Gasteiger partial charge in [-0.25, -0.2) is 0 Å². The first-order valence-corrected chi connectivity index (χ1v) is 6.94. The molecule has 2 aromatic rings. The maximum absolute atomic E-state index is 12.2. The molecule has 0 aliphatic rings. The maximum Gasteiger partial charge on any atom is 0.258 e. The Morgan fingerprint density at radius 3 is 2.55 bits per heavy atom. The summed E-state index contributed by atoms with van der Waals surface area (Å²) < 4.78 is 0.721. The van der Waals surface area contributed by atoms with E-state index in [9.17, 15) is 4.79 Å². The quantitative estimate of drug-likeness (QED) is 0.564. The number of halogens is 3. The fourth-order valence-electron chi connectivity index (χ4n) is 1.55. The van der Waals surface area contributed by atoms with Crippen LogP contribution in [0.3, 0.4) is 0 Å². The SMILES string of the molecule is NNc1cnccc1C(=O)Nc1c(Cl)cc(Br)cc1Cl. The van der Waals surface area contributed by atoms with Gasteiger partial charge in [-0.1, -0.05) is 39.1 Å². The van der Waals surface area contributed by atoms with Gasteiger partial charge in [0.25, 0.3) is 5.91 Å². The summed E-state index contributed by atoms with van der Waals surface area (Å²) in [6.45, 7) is 0. The van der Waals surface area contributed by atoms with Gasteiger partial charge in [0.1, 0.15) is 0 Å². The highest BCUT2D eigenvalue weighted by Gasteiger charge is 2.15. The van der Waals surface area contributed by atoms with Gasteiger partial charge in [0.2, 0.25) is 0 Å². The number of nitrogen functional groups attached to an aromatic ring is 1. The highest BCUT2D eigenvalue weighted by molar-refractivity contribution is 9.10. The average Bonchev–Trinajstić information content (AvgIpc) is 2.42. The number of rotatable bonds is 3. The molecule has 1 aromatic heterocycles. The molecule has 1 heterocycles. The normalized spacial score (nSPS) is 10.2. The number of carbonyl (C=O) groups excluding carboxylic acids is 1. The van der Waals surface area contributed by atoms with E-state index in [-0.39, 0.29) is 0 Å². The molecular weight excluding hydrogens is 367 g/mol. The van der Waals surface area contributed by atoms with Gasteiger partial charge in [-0.2, -0.15) is 0 Å². The van der Waals surface area contributed by atoms with Crippen LogP contribution in [0.5, 0.6) is 0 Å². The number of pyridine rings is 1. The molecule has 4 N–H and O–H groups in total. The summed E-state index contributed by atoms with van der Waals surface area (Å²) in [6, 6.07) is 4.81. The lowest BCUT2D eigenvalue weighted by Gasteiger charge is -2.12. The van der Waals surface area contributed by atoms with Crippen LogP contribution in [-0.4, -0.2) is 10.9 Å². The second kappa shape index (κ2) is 6.41. The number of hydrogen-bond acceptors (Lipinski definition) is 4. The Kier molecular flexibility index (Phi) is 4.82. The molecule has 2 rings (SSSR count). The van der Waals surface area contributed by atoms with Crippen LogP contribution in [0, 0.1) is 0 Å². The number of amides is 1. The van der Waals surface area contributed by atoms with Crippen LogP contribution in [0.4, 0.5) is 11.4 Å². The predicted octanol–water partition coefficient (Wildman–Crippen LogP) is 3.69. The monoisotopic (exact) mass is 374 g/mol. The molecule has 0 saturated carbocycles. The summed E-state index contributed by atoms with van der Waals surface area (Å²) in [5.74, 6) is 4.94. The number of nitrogens with zero attached hydrogens (tertiary/aromatic N) is 1. The summed E-state index contributed by atoms with van der Waals surface area (Å²) in [5, 5.41) is 3.31. The number of aromatic nitrogens is 1. The van der Waals surface area contributed by atoms with E-state index in [4.69, 9.17) is 29.0 Å². The average molecular weight is 376 g/mol. The summed E-state index contributed by atoms with van der Waals surface area (Å²) in [7, 11) is 0. The summed E-state index contributed by atoms with van der Waals surface area (Å²) in [4.78, 5) is 16.1. The Bertz CT molecular complexity index is 643. The minimum Gasteiger partial charge on any atom is -0.322 e. The second-order valence-electron chi connectivity index (χ2n) is 3.76. The van der Waals surface area contributed by atoms with Crippen molar-refractivity contribution in [3.63, 3.8) is 0 Å². The zero-order valence-corrected chi connectivity index (χ0v) is 13.1. The fraction of sp³-hybridized carbons (Fsp3) is 0. The zero-order valence-electron chi connectivity index (χ0n) is 9.95. The Morgan fingerprint density at radius 2 is 1.95 bits per heavy atom. The van der Waals surface area contributed by atoms with Crippen LogP contribution in [0.1, 0.15) is 10.4 Å². The Morgan fingerprint density at radius 1 is 1.30 bits per heavy atom. The fourth-order valence-corrected chi connectivity index (χ4v) is 2.85. The van der Waals surface area contributed by atoms with Gasteiger partial charge < -0.3 is 10.7 Å². The maximum atomic E-state index is 12.2. The van der Waals surface area contributed by atoms with E-state index < -0.39 is 5.91 Å². The highest BCUT2D eigenvalue weighted by atomic mass is 79.9. The van der Waals surface area contributed by atoms with Crippen molar-refractivity contribution in [2.75, 3.05) is 10.7 Å². The van der Waals surface area contributed by atoms with E-state index in [1.165, 1.54) is 18.5 Å². The van der Waals surface area contributed by atoms with E-state index in [0.29, 0.717) is 27.0 Å². The molecule has 5 nitrogen and oxygen atoms in total. The van der Waals surface area contributed by atoms with Crippen molar-refractivity contribution in [1.82, 2.24) is 4.98 Å². The molecule has 8 heteroatoms. The third-order valence-corrected chi connectivity index (χ3v) is 3.52. The van der Waals surface area contributed by atoms with E-state index in [1.807, 2.05) is 0 Å². The molecule has 0 radical (unpaired) electrons. The Balaban J connectivity index is 2.33. The minimum absolute atomic E-state index is 0.328. The first-order chi connectivity index (χ1) is 9.52. The van der Waals surface area contributed by atoms with E-state index >= 15 is 0 Å². The first kappa shape index (κ1) is 15.1. The van der Waals surface area contributed by atoms with Crippen molar-refractivity contribution in [3.8, 4) is 0 Å². The molecule has 0 aliphatic carbocycles. The molecule has 1 aromatic carbocycles. The third-order valence-electron chi connectivity index (χ3n) is 2.47. The third kappa shape index (κ3) is 3.21. The smallest absolute Gasteiger partial charge is 0.258 e. The van der Waals surface area contributed by atoms with Crippen molar-refractivity contribution < 1.29 is 4.79 Å². The Labute approximate surface area is 133 Å². The zero-order chi connectivity index (χ0) is 14.7. The van der Waals surface area contributed by atoms with Crippen LogP contribution in [-0.2, 0) is 0 Å². The number of nitrogens with two attached hydrogens (primary N) is 1. The number of hydrogen-bond donors (Lipinski definition) is 3. The van der Waals surface area contributed by atoms with E-state index in [0.717, 1.165) is 4.47 Å². The van der Waals surface area contributed by atoms with Crippen molar-refractivity contribution in [3.05, 3.63) is 50.7 Å². The summed E-state index contributed by atoms with van der Waals surface area (Å²) in [5.41, 5.74) is 3.47. The number of anilines is 2. The highest BCUT2D eigenvalue weighted by Crippen LogP contribution is 2.34. The van der Waals surface area contributed by atoms with Crippen molar-refractivity contribution >= 4 is 56.4 Å². The summed E-state index contributed by atoms with van der Waals surface area (Å²) >= 11 is 15.4. The lowest BCUT2D eigenvalue weighted by molar-refractivity contribution is 0.102. The number of carbonyl (C=O) groups is 1. The molecule has 0 aliphatic heterocycles. The molecule has 0 saturated heterocycles. The van der Waals surface area contributed by atoms with Gasteiger partial charge in [0.05, 0.1) is 33.2 Å². The van der Waals surface area contributed by atoms with Crippen LogP contribution in [0.15, 0.2) is 35.1 Å². The standard InChI is InChI=1S/C12H9BrCl2N4O/c13-6-3-8(14)11(9(15)4-6)18-12(20)7-1-2-17-5-10(7)19-16/h1-5,19H,16H2,(H,18,20). The molecule has 1 amide bonds. The van der Waals surface area contributed by atoms with Crippen molar-refractivity contribution in [2.45, 2.75) is 0 Å². The predicted molar refractivity (Wildman–Crippen MR) is 84.2 cm³/mol. The van der Waals surface area contributed by atoms with Crippen molar-refractivity contribution in [1.29, 1.82) is 0 Å². The molecular formula is C12H9BrCl2N4O. The molecule has 0 spiro atoms. The van der Waals surface area contributed by atoms with E-state index in [2.05, 4.69) is 31.7 Å². The van der Waals surface area contributed by atoms with Gasteiger partial charge in [-0.3, -0.25) is 15.6 Å². The topological polar surface area (TPSA) is 80.0 Å². The minimum atomic E-state index is -0.397. The number of benzene rings is 1. The van der Waals surface area contributed by atoms with Gasteiger partial charge in [-0.05, 0) is 18.2 Å². The van der Waals surface area contributed by atoms with Crippen LogP contribution in [0.25, 0.3) is 0 Å². The lowest BCUT2D eigenvalue weighted by Crippen LogP contribution is -2.17. The number of hydrazine groups is 1. The van der Waals surface area contributed by atoms with Gasteiger partial charge in [-0.15, -0.1) is 0 Å². The van der Waals surface area contributed by atoms with Gasteiger partial charge in [0, 0.05) is 10.7 Å². The van der Waals surface area contributed by atoms with Gasteiger partial charge in [0.15, 0.2) is 0 Å². The number of nitrogens with one attached hydrogen (secondary N) is 2. The first-order valence-electron chi connectivity index (χ1n) is 5.39. The summed E-state index contributed by atoms with van der Waals surface area (Å²) in [6.07, 6.45) is 2.93. The Hall–Kier alpha value is -1.34. The van der Waals surface area contributed by atoms with Gasteiger partial charge >= 0.3 is 0 Å². The lowest BCUT2D eigenvalue weighted by atomic mass is 10.2. The molecule has 0 unspecified atom stereocenters. The van der Waals surface area contributed by atoms with Crippen molar-refractivity contribution in [2.24, 2.45) is 5.84 Å². The molecule has 20 heavy (non-hydrogen) atoms.